The minimum absolute atomic E-state index is 0.157. The molecule has 0 saturated carbocycles. The van der Waals surface area contributed by atoms with Gasteiger partial charge in [0.2, 0.25) is 0 Å². The summed E-state index contributed by atoms with van der Waals surface area (Å²) in [6.45, 7) is 0. The van der Waals surface area contributed by atoms with Crippen LogP contribution in [0.3, 0.4) is 0 Å². The fraction of sp³-hybridized carbons (Fsp3) is 0.333. The Morgan fingerprint density at radius 3 is 2.00 bits per heavy atom. The number of ether oxygens (including phenoxy) is 1. The molecule has 0 radical (unpaired) electrons. The average molecular weight is 308 g/mol. The Kier molecular flexibility index (Phi) is 4.69. The van der Waals surface area contributed by atoms with Gasteiger partial charge >= 0.3 is 0 Å². The minimum Gasteiger partial charge on any atom is -0.455 e. The summed E-state index contributed by atoms with van der Waals surface area (Å²) < 4.78 is 1.84. The quantitative estimate of drug-likeness (QED) is 0.738. The first-order valence-electron chi connectivity index (χ1n) is 3.95. The SMILES string of the molecule is ClCC(Cl)(Cl)C(Cl)(Cl)Oc1ccccc1. The van der Waals surface area contributed by atoms with Crippen molar-refractivity contribution in [3.05, 3.63) is 30.3 Å². The molecule has 0 aliphatic heterocycles. The van der Waals surface area contributed by atoms with Gasteiger partial charge in [-0.15, -0.1) is 11.6 Å². The lowest BCUT2D eigenvalue weighted by atomic mass is 10.3. The summed E-state index contributed by atoms with van der Waals surface area (Å²) in [6, 6.07) is 8.72. The van der Waals surface area contributed by atoms with E-state index in [2.05, 4.69) is 0 Å². The monoisotopic (exact) mass is 306 g/mol. The molecular weight excluding hydrogens is 301 g/mol. The average Bonchev–Trinajstić information content (AvgIpc) is 2.18. The lowest BCUT2D eigenvalue weighted by molar-refractivity contribution is 0.229. The number of benzene rings is 1. The molecule has 84 valence electrons. The maximum absolute atomic E-state index is 5.86. The van der Waals surface area contributed by atoms with E-state index in [1.807, 2.05) is 6.07 Å². The van der Waals surface area contributed by atoms with Crippen molar-refractivity contribution in [1.29, 1.82) is 0 Å². The van der Waals surface area contributed by atoms with Gasteiger partial charge in [-0.2, -0.15) is 0 Å². The number of hydrogen-bond acceptors (Lipinski definition) is 1. The highest BCUT2D eigenvalue weighted by Crippen LogP contribution is 2.44. The molecule has 0 N–H and O–H groups in total. The van der Waals surface area contributed by atoms with E-state index in [-0.39, 0.29) is 5.88 Å². The van der Waals surface area contributed by atoms with Crippen LogP contribution in [0.1, 0.15) is 0 Å². The van der Waals surface area contributed by atoms with Crippen LogP contribution in [0.2, 0.25) is 0 Å². The van der Waals surface area contributed by atoms with Crippen molar-refractivity contribution in [1.82, 2.24) is 0 Å². The van der Waals surface area contributed by atoms with Crippen molar-refractivity contribution < 1.29 is 4.74 Å². The van der Waals surface area contributed by atoms with Gasteiger partial charge in [0.25, 0.3) is 4.52 Å². The molecular formula is C9H7Cl5O. The molecule has 1 nitrogen and oxygen atoms in total. The summed E-state index contributed by atoms with van der Waals surface area (Å²) >= 11 is 28.9. The normalized spacial score (nSPS) is 12.6. The fourth-order valence-electron chi connectivity index (χ4n) is 0.789. The molecule has 1 aromatic rings. The molecule has 0 unspecified atom stereocenters. The predicted octanol–water partition coefficient (Wildman–Crippen LogP) is 4.61. The molecule has 0 fully saturated rings. The van der Waals surface area contributed by atoms with Crippen molar-refractivity contribution in [2.45, 2.75) is 8.85 Å². The van der Waals surface area contributed by atoms with Crippen LogP contribution in [-0.4, -0.2) is 14.7 Å². The molecule has 0 bridgehead atoms. The molecule has 0 atom stereocenters. The van der Waals surface area contributed by atoms with E-state index < -0.39 is 8.85 Å². The Hall–Kier alpha value is 0.470. The van der Waals surface area contributed by atoms with E-state index in [4.69, 9.17) is 62.7 Å². The van der Waals surface area contributed by atoms with Crippen LogP contribution in [0, 0.1) is 0 Å². The summed E-state index contributed by atoms with van der Waals surface area (Å²) in [7, 11) is 0. The van der Waals surface area contributed by atoms with Crippen molar-refractivity contribution >= 4 is 58.0 Å². The highest BCUT2D eigenvalue weighted by atomic mass is 35.5. The van der Waals surface area contributed by atoms with Crippen molar-refractivity contribution in [3.63, 3.8) is 0 Å². The highest BCUT2D eigenvalue weighted by molar-refractivity contribution is 6.63. The number of rotatable bonds is 4. The van der Waals surface area contributed by atoms with Gasteiger partial charge in [0.1, 0.15) is 5.75 Å². The van der Waals surface area contributed by atoms with E-state index >= 15 is 0 Å². The number of para-hydroxylation sites is 1. The van der Waals surface area contributed by atoms with Crippen LogP contribution in [0.4, 0.5) is 0 Å². The number of hydrogen-bond donors (Lipinski definition) is 0. The first-order chi connectivity index (χ1) is 6.89. The third-order valence-corrected chi connectivity index (χ3v) is 4.24. The third-order valence-electron chi connectivity index (χ3n) is 1.58. The zero-order chi connectivity index (χ0) is 11.5. The second-order valence-corrected chi connectivity index (χ2v) is 5.78. The summed E-state index contributed by atoms with van der Waals surface area (Å²) in [6.07, 6.45) is 0. The lowest BCUT2D eigenvalue weighted by Crippen LogP contribution is -2.42. The second-order valence-electron chi connectivity index (χ2n) is 2.77. The summed E-state index contributed by atoms with van der Waals surface area (Å²) in [5.74, 6) is 0.300. The summed E-state index contributed by atoms with van der Waals surface area (Å²) in [5, 5.41) is 0. The largest absolute Gasteiger partial charge is 0.455 e. The molecule has 1 aromatic carbocycles. The van der Waals surface area contributed by atoms with Crippen LogP contribution in [0.5, 0.6) is 5.75 Å². The maximum Gasteiger partial charge on any atom is 0.292 e. The Balaban J connectivity index is 2.81. The standard InChI is InChI=1S/C9H7Cl5O/c10-6-8(11,12)9(13,14)15-7-4-2-1-3-5-7/h1-5H,6H2. The molecule has 0 saturated heterocycles. The van der Waals surface area contributed by atoms with Crippen molar-refractivity contribution in [2.24, 2.45) is 0 Å². The van der Waals surface area contributed by atoms with Crippen molar-refractivity contribution in [2.75, 3.05) is 5.88 Å². The van der Waals surface area contributed by atoms with Crippen LogP contribution >= 0.6 is 58.0 Å². The smallest absolute Gasteiger partial charge is 0.292 e. The van der Waals surface area contributed by atoms with Gasteiger partial charge in [-0.05, 0) is 12.1 Å². The molecule has 0 heterocycles. The van der Waals surface area contributed by atoms with Crippen molar-refractivity contribution in [3.8, 4) is 5.75 Å². The highest BCUT2D eigenvalue weighted by Gasteiger charge is 2.49. The lowest BCUT2D eigenvalue weighted by Gasteiger charge is -2.31. The van der Waals surface area contributed by atoms with E-state index in [0.717, 1.165) is 0 Å². The fourth-order valence-corrected chi connectivity index (χ4v) is 1.50. The Bertz CT molecular complexity index is 312. The second kappa shape index (κ2) is 5.20. The number of alkyl halides is 5. The van der Waals surface area contributed by atoms with Gasteiger partial charge in [0.15, 0.2) is 4.33 Å². The zero-order valence-electron chi connectivity index (χ0n) is 7.39. The maximum atomic E-state index is 5.86. The van der Waals surface area contributed by atoms with E-state index in [1.165, 1.54) is 0 Å². The van der Waals surface area contributed by atoms with Crippen LogP contribution < -0.4 is 4.74 Å². The molecule has 0 aliphatic carbocycles. The van der Waals surface area contributed by atoms with E-state index in [9.17, 15) is 0 Å². The molecule has 0 aromatic heterocycles. The van der Waals surface area contributed by atoms with E-state index in [0.29, 0.717) is 5.75 Å². The Labute approximate surface area is 113 Å². The van der Waals surface area contributed by atoms with Gasteiger partial charge in [0.05, 0.1) is 5.88 Å². The van der Waals surface area contributed by atoms with E-state index in [1.54, 1.807) is 24.3 Å². The Morgan fingerprint density at radius 1 is 1.00 bits per heavy atom. The van der Waals surface area contributed by atoms with Crippen LogP contribution in [0.25, 0.3) is 0 Å². The molecule has 1 rings (SSSR count). The summed E-state index contributed by atoms with van der Waals surface area (Å²) in [4.78, 5) is 0. The first-order valence-corrected chi connectivity index (χ1v) is 5.99. The third kappa shape index (κ3) is 3.47. The predicted molar refractivity (Wildman–Crippen MR) is 66.7 cm³/mol. The molecule has 15 heavy (non-hydrogen) atoms. The van der Waals surface area contributed by atoms with Gasteiger partial charge in [0, 0.05) is 0 Å². The molecule has 0 aliphatic rings. The first kappa shape index (κ1) is 13.5. The van der Waals surface area contributed by atoms with Gasteiger partial charge in [-0.25, -0.2) is 0 Å². The Morgan fingerprint density at radius 2 is 1.53 bits per heavy atom. The molecule has 0 amide bonds. The summed E-state index contributed by atoms with van der Waals surface area (Å²) in [5.41, 5.74) is 0. The topological polar surface area (TPSA) is 9.23 Å². The van der Waals surface area contributed by atoms with Crippen LogP contribution in [0.15, 0.2) is 30.3 Å². The minimum atomic E-state index is -1.81. The molecule has 6 heteroatoms. The molecule has 0 spiro atoms. The van der Waals surface area contributed by atoms with Gasteiger partial charge in [-0.1, -0.05) is 64.6 Å². The van der Waals surface area contributed by atoms with Gasteiger partial charge in [-0.3, -0.25) is 0 Å². The number of halogens is 5. The van der Waals surface area contributed by atoms with Gasteiger partial charge < -0.3 is 4.74 Å². The van der Waals surface area contributed by atoms with Crippen LogP contribution in [-0.2, 0) is 0 Å². The zero-order valence-corrected chi connectivity index (χ0v) is 11.2.